The summed E-state index contributed by atoms with van der Waals surface area (Å²) in [5, 5.41) is 12.3. The lowest BCUT2D eigenvalue weighted by atomic mass is 9.81. The molecule has 3 atom stereocenters. The van der Waals surface area contributed by atoms with Crippen molar-refractivity contribution < 1.29 is 14.7 Å². The molecule has 4 heteroatoms. The summed E-state index contributed by atoms with van der Waals surface area (Å²) in [6, 6.07) is 0. The van der Waals surface area contributed by atoms with Crippen molar-refractivity contribution in [3.8, 4) is 0 Å². The Bertz CT molecular complexity index is 382. The van der Waals surface area contributed by atoms with Crippen molar-refractivity contribution in [2.24, 2.45) is 23.2 Å². The van der Waals surface area contributed by atoms with Crippen molar-refractivity contribution in [1.82, 2.24) is 5.32 Å². The van der Waals surface area contributed by atoms with E-state index in [0.717, 1.165) is 6.42 Å². The molecule has 0 aromatic rings. The molecule has 0 radical (unpaired) electrons. The highest BCUT2D eigenvalue weighted by atomic mass is 16.4. The van der Waals surface area contributed by atoms with Crippen molar-refractivity contribution in [1.29, 1.82) is 0 Å². The third-order valence-corrected chi connectivity index (χ3v) is 3.89. The lowest BCUT2D eigenvalue weighted by molar-refractivity contribution is -0.146. The van der Waals surface area contributed by atoms with Gasteiger partial charge in [-0.2, -0.15) is 0 Å². The van der Waals surface area contributed by atoms with Crippen LogP contribution in [-0.4, -0.2) is 22.5 Å². The Balaban J connectivity index is 2.72. The second-order valence-corrected chi connectivity index (χ2v) is 8.24. The highest BCUT2D eigenvalue weighted by molar-refractivity contribution is 5.85. The van der Waals surface area contributed by atoms with E-state index in [-0.39, 0.29) is 22.8 Å². The molecule has 1 amide bonds. The molecular weight excluding hydrogens is 254 g/mol. The predicted molar refractivity (Wildman–Crippen MR) is 79.3 cm³/mol. The fourth-order valence-electron chi connectivity index (χ4n) is 3.65. The van der Waals surface area contributed by atoms with Crippen LogP contribution in [0.4, 0.5) is 0 Å². The summed E-state index contributed by atoms with van der Waals surface area (Å²) >= 11 is 0. The van der Waals surface area contributed by atoms with Crippen LogP contribution in [0.5, 0.6) is 0 Å². The van der Waals surface area contributed by atoms with Crippen LogP contribution in [0, 0.1) is 23.2 Å². The van der Waals surface area contributed by atoms with Gasteiger partial charge >= 0.3 is 5.97 Å². The fourth-order valence-corrected chi connectivity index (χ4v) is 3.65. The van der Waals surface area contributed by atoms with E-state index in [4.69, 9.17) is 0 Å². The molecule has 1 aliphatic rings. The number of carboxylic acid groups (broad SMARTS) is 1. The molecular formula is C16H29NO3. The van der Waals surface area contributed by atoms with Gasteiger partial charge in [-0.1, -0.05) is 27.7 Å². The van der Waals surface area contributed by atoms with Gasteiger partial charge in [-0.05, 0) is 44.4 Å². The van der Waals surface area contributed by atoms with Gasteiger partial charge in [0, 0.05) is 5.54 Å². The zero-order chi connectivity index (χ0) is 15.7. The Morgan fingerprint density at radius 1 is 1.10 bits per heavy atom. The second kappa shape index (κ2) is 5.74. The summed E-state index contributed by atoms with van der Waals surface area (Å²) < 4.78 is 0. The number of carbonyl (C=O) groups excluding carboxylic acids is 1. The number of aliphatic carboxylic acids is 1. The first-order chi connectivity index (χ1) is 8.91. The smallest absolute Gasteiger partial charge is 0.307 e. The first-order valence-electron chi connectivity index (χ1n) is 7.46. The Kier molecular flexibility index (Phi) is 4.88. The maximum Gasteiger partial charge on any atom is 0.307 e. The first kappa shape index (κ1) is 17.0. The first-order valence-corrected chi connectivity index (χ1v) is 7.46. The molecule has 1 saturated carbocycles. The number of hydrogen-bond donors (Lipinski definition) is 2. The normalized spacial score (nSPS) is 27.4. The van der Waals surface area contributed by atoms with Gasteiger partial charge < -0.3 is 10.4 Å². The highest BCUT2D eigenvalue weighted by Gasteiger charge is 2.42. The highest BCUT2D eigenvalue weighted by Crippen LogP contribution is 2.37. The van der Waals surface area contributed by atoms with E-state index in [0.29, 0.717) is 18.8 Å². The molecule has 0 heterocycles. The number of rotatable bonds is 4. The number of carbonyl (C=O) groups is 2. The van der Waals surface area contributed by atoms with E-state index in [2.05, 4.69) is 26.1 Å². The van der Waals surface area contributed by atoms with Crippen LogP contribution in [0.1, 0.15) is 60.8 Å². The van der Waals surface area contributed by atoms with Crippen LogP contribution in [0.3, 0.4) is 0 Å². The average molecular weight is 283 g/mol. The minimum atomic E-state index is -0.844. The van der Waals surface area contributed by atoms with Gasteiger partial charge in [0.2, 0.25) is 5.91 Å². The maximum atomic E-state index is 12.4. The fraction of sp³-hybridized carbons (Fsp3) is 0.875. The molecule has 0 aromatic carbocycles. The summed E-state index contributed by atoms with van der Waals surface area (Å²) in [5.41, 5.74) is -0.198. The minimum Gasteiger partial charge on any atom is -0.481 e. The number of carboxylic acids is 1. The van der Waals surface area contributed by atoms with Crippen LogP contribution in [-0.2, 0) is 9.59 Å². The van der Waals surface area contributed by atoms with Crippen LogP contribution in [0.2, 0.25) is 0 Å². The average Bonchev–Trinajstić information content (AvgIpc) is 2.55. The molecule has 0 spiro atoms. The third-order valence-electron chi connectivity index (χ3n) is 3.89. The van der Waals surface area contributed by atoms with Gasteiger partial charge in [0.05, 0.1) is 11.8 Å². The van der Waals surface area contributed by atoms with Crippen molar-refractivity contribution in [2.45, 2.75) is 66.3 Å². The lowest BCUT2D eigenvalue weighted by Crippen LogP contribution is -2.49. The van der Waals surface area contributed by atoms with Gasteiger partial charge in [-0.25, -0.2) is 0 Å². The molecule has 2 N–H and O–H groups in total. The summed E-state index contributed by atoms with van der Waals surface area (Å²) in [4.78, 5) is 23.7. The van der Waals surface area contributed by atoms with Crippen LogP contribution < -0.4 is 5.32 Å². The van der Waals surface area contributed by atoms with Gasteiger partial charge in [0.1, 0.15) is 0 Å². The van der Waals surface area contributed by atoms with Crippen LogP contribution in [0.15, 0.2) is 0 Å². The Morgan fingerprint density at radius 3 is 2.05 bits per heavy atom. The van der Waals surface area contributed by atoms with E-state index in [1.165, 1.54) is 0 Å². The van der Waals surface area contributed by atoms with Gasteiger partial charge in [-0.15, -0.1) is 0 Å². The molecule has 1 aliphatic carbocycles. The summed E-state index contributed by atoms with van der Waals surface area (Å²) in [6.45, 7) is 12.4. The quantitative estimate of drug-likeness (QED) is 0.833. The SMILES string of the molecule is CC1CC(C(=O)O)C(C(=O)NC(C)(C)CC(C)(C)C)C1. The van der Waals surface area contributed by atoms with E-state index in [1.807, 2.05) is 20.8 Å². The van der Waals surface area contributed by atoms with E-state index in [1.54, 1.807) is 0 Å². The van der Waals surface area contributed by atoms with E-state index in [9.17, 15) is 14.7 Å². The van der Waals surface area contributed by atoms with E-state index >= 15 is 0 Å². The zero-order valence-corrected chi connectivity index (χ0v) is 13.6. The Hall–Kier alpha value is -1.06. The molecule has 3 unspecified atom stereocenters. The van der Waals surface area contributed by atoms with Crippen LogP contribution >= 0.6 is 0 Å². The van der Waals surface area contributed by atoms with Crippen LogP contribution in [0.25, 0.3) is 0 Å². The lowest BCUT2D eigenvalue weighted by Gasteiger charge is -2.34. The summed E-state index contributed by atoms with van der Waals surface area (Å²) in [6.07, 6.45) is 2.13. The number of nitrogens with one attached hydrogen (secondary N) is 1. The molecule has 20 heavy (non-hydrogen) atoms. The maximum absolute atomic E-state index is 12.4. The second-order valence-electron chi connectivity index (χ2n) is 8.24. The number of hydrogen-bond acceptors (Lipinski definition) is 2. The molecule has 0 aliphatic heterocycles. The van der Waals surface area contributed by atoms with Crippen molar-refractivity contribution in [3.05, 3.63) is 0 Å². The van der Waals surface area contributed by atoms with E-state index < -0.39 is 11.9 Å². The molecule has 116 valence electrons. The Morgan fingerprint density at radius 2 is 1.60 bits per heavy atom. The van der Waals surface area contributed by atoms with Crippen molar-refractivity contribution >= 4 is 11.9 Å². The molecule has 1 fully saturated rings. The molecule has 1 rings (SSSR count). The largest absolute Gasteiger partial charge is 0.481 e. The monoisotopic (exact) mass is 283 g/mol. The molecule has 0 saturated heterocycles. The standard InChI is InChI=1S/C16H29NO3/c1-10-7-11(12(8-10)14(19)20)13(18)17-16(5,6)9-15(2,3)4/h10-12H,7-9H2,1-6H3,(H,17,18)(H,19,20). The minimum absolute atomic E-state index is 0.101. The summed E-state index contributed by atoms with van der Waals surface area (Å²) in [7, 11) is 0. The summed E-state index contributed by atoms with van der Waals surface area (Å²) in [5.74, 6) is -1.56. The third kappa shape index (κ3) is 4.80. The van der Waals surface area contributed by atoms with Gasteiger partial charge in [0.15, 0.2) is 0 Å². The molecule has 4 nitrogen and oxygen atoms in total. The Labute approximate surface area is 122 Å². The van der Waals surface area contributed by atoms with Crippen molar-refractivity contribution in [2.75, 3.05) is 0 Å². The zero-order valence-electron chi connectivity index (χ0n) is 13.6. The number of amides is 1. The topological polar surface area (TPSA) is 66.4 Å². The van der Waals surface area contributed by atoms with Gasteiger partial charge in [0.25, 0.3) is 0 Å². The predicted octanol–water partition coefficient (Wildman–Crippen LogP) is 3.06. The molecule has 0 bridgehead atoms. The van der Waals surface area contributed by atoms with Gasteiger partial charge in [-0.3, -0.25) is 9.59 Å². The molecule has 0 aromatic heterocycles. The van der Waals surface area contributed by atoms with Crippen molar-refractivity contribution in [3.63, 3.8) is 0 Å².